The lowest BCUT2D eigenvalue weighted by Gasteiger charge is -2.06. The number of aromatic nitrogens is 2. The average molecular weight is 224 g/mol. The van der Waals surface area contributed by atoms with Gasteiger partial charge >= 0.3 is 0 Å². The van der Waals surface area contributed by atoms with Gasteiger partial charge in [-0.1, -0.05) is 27.7 Å². The summed E-state index contributed by atoms with van der Waals surface area (Å²) in [5, 5.41) is 12.7. The first kappa shape index (κ1) is 12.7. The number of nitrogens with one attached hydrogen (secondary N) is 3. The first-order chi connectivity index (χ1) is 7.49. The Hall–Kier alpha value is -1.36. The zero-order chi connectivity index (χ0) is 12.1. The van der Waals surface area contributed by atoms with Gasteiger partial charge in [0.05, 0.1) is 6.54 Å². The van der Waals surface area contributed by atoms with E-state index in [4.69, 9.17) is 0 Å². The molecule has 1 aromatic rings. The van der Waals surface area contributed by atoms with Crippen molar-refractivity contribution in [2.24, 2.45) is 0 Å². The zero-order valence-electron chi connectivity index (χ0n) is 10.3. The average Bonchev–Trinajstić information content (AvgIpc) is 2.63. The number of H-pyrrole nitrogens is 1. The fraction of sp³-hybridized carbons (Fsp3) is 0.636. The van der Waals surface area contributed by atoms with Gasteiger partial charge in [0, 0.05) is 17.8 Å². The highest BCUT2D eigenvalue weighted by atomic mass is 16.2. The first-order valence-corrected chi connectivity index (χ1v) is 5.57. The van der Waals surface area contributed by atoms with Crippen molar-refractivity contribution in [2.75, 3.05) is 11.9 Å². The number of hydrogen-bond donors (Lipinski definition) is 3. The molecular formula is C11H20N4O. The van der Waals surface area contributed by atoms with Crippen LogP contribution in [0.15, 0.2) is 6.07 Å². The molecule has 0 radical (unpaired) electrons. The van der Waals surface area contributed by atoms with Gasteiger partial charge in [-0.2, -0.15) is 5.10 Å². The van der Waals surface area contributed by atoms with E-state index in [1.54, 1.807) is 0 Å². The summed E-state index contributed by atoms with van der Waals surface area (Å²) in [5.41, 5.74) is 1.02. The molecule has 0 bridgehead atoms. The van der Waals surface area contributed by atoms with Crippen LogP contribution in [-0.2, 0) is 4.79 Å². The van der Waals surface area contributed by atoms with Gasteiger partial charge in [0.15, 0.2) is 5.82 Å². The third-order valence-corrected chi connectivity index (χ3v) is 2.16. The van der Waals surface area contributed by atoms with E-state index >= 15 is 0 Å². The molecule has 0 aliphatic carbocycles. The minimum Gasteiger partial charge on any atom is -0.308 e. The van der Waals surface area contributed by atoms with Crippen molar-refractivity contribution < 1.29 is 4.79 Å². The van der Waals surface area contributed by atoms with E-state index in [2.05, 4.69) is 34.7 Å². The van der Waals surface area contributed by atoms with Crippen LogP contribution in [0.1, 0.15) is 39.3 Å². The normalized spacial score (nSPS) is 11.1. The Morgan fingerprint density at radius 3 is 2.62 bits per heavy atom. The molecule has 0 spiro atoms. The smallest absolute Gasteiger partial charge is 0.239 e. The van der Waals surface area contributed by atoms with Crippen LogP contribution in [0.4, 0.5) is 5.82 Å². The van der Waals surface area contributed by atoms with Gasteiger partial charge in [0.25, 0.3) is 0 Å². The topological polar surface area (TPSA) is 69.8 Å². The summed E-state index contributed by atoms with van der Waals surface area (Å²) < 4.78 is 0. The largest absolute Gasteiger partial charge is 0.308 e. The van der Waals surface area contributed by atoms with Crippen molar-refractivity contribution in [2.45, 2.75) is 39.7 Å². The fourth-order valence-electron chi connectivity index (χ4n) is 1.18. The van der Waals surface area contributed by atoms with Crippen LogP contribution in [0.3, 0.4) is 0 Å². The van der Waals surface area contributed by atoms with Gasteiger partial charge < -0.3 is 10.6 Å². The number of anilines is 1. The summed E-state index contributed by atoms with van der Waals surface area (Å²) in [4.78, 5) is 11.5. The molecule has 5 heteroatoms. The molecule has 0 aromatic carbocycles. The summed E-state index contributed by atoms with van der Waals surface area (Å²) >= 11 is 0. The quantitative estimate of drug-likeness (QED) is 0.709. The number of hydrogen-bond acceptors (Lipinski definition) is 3. The van der Waals surface area contributed by atoms with Crippen molar-refractivity contribution in [3.63, 3.8) is 0 Å². The minimum absolute atomic E-state index is 0.0736. The van der Waals surface area contributed by atoms with Gasteiger partial charge in [-0.05, 0) is 5.92 Å². The SMILES string of the molecule is CC(C)NCC(=O)Nc1cc(C(C)C)[nH]n1. The molecule has 0 fully saturated rings. The number of amides is 1. The van der Waals surface area contributed by atoms with E-state index in [1.165, 1.54) is 0 Å². The maximum absolute atomic E-state index is 11.5. The van der Waals surface area contributed by atoms with E-state index in [-0.39, 0.29) is 5.91 Å². The lowest BCUT2D eigenvalue weighted by atomic mass is 10.1. The second kappa shape index (κ2) is 5.65. The molecule has 16 heavy (non-hydrogen) atoms. The highest BCUT2D eigenvalue weighted by Crippen LogP contribution is 2.14. The van der Waals surface area contributed by atoms with Gasteiger partial charge in [0.2, 0.25) is 5.91 Å². The number of nitrogens with zero attached hydrogens (tertiary/aromatic N) is 1. The first-order valence-electron chi connectivity index (χ1n) is 5.57. The highest BCUT2D eigenvalue weighted by molar-refractivity contribution is 5.91. The third-order valence-electron chi connectivity index (χ3n) is 2.16. The summed E-state index contributed by atoms with van der Waals surface area (Å²) in [6.45, 7) is 8.44. The Balaban J connectivity index is 2.43. The lowest BCUT2D eigenvalue weighted by Crippen LogP contribution is -2.32. The predicted molar refractivity (Wildman–Crippen MR) is 64.4 cm³/mol. The molecule has 0 saturated carbocycles. The van der Waals surface area contributed by atoms with Crippen LogP contribution in [0.5, 0.6) is 0 Å². The molecule has 5 nitrogen and oxygen atoms in total. The monoisotopic (exact) mass is 224 g/mol. The number of aromatic amines is 1. The molecule has 0 unspecified atom stereocenters. The second-order valence-corrected chi connectivity index (χ2v) is 4.45. The van der Waals surface area contributed by atoms with Crippen molar-refractivity contribution in [1.82, 2.24) is 15.5 Å². The molecule has 0 aliphatic rings. The Bertz CT molecular complexity index is 344. The van der Waals surface area contributed by atoms with Crippen molar-refractivity contribution in [1.29, 1.82) is 0 Å². The Kier molecular flexibility index (Phi) is 4.49. The van der Waals surface area contributed by atoms with E-state index in [0.717, 1.165) is 5.69 Å². The molecule has 1 amide bonds. The van der Waals surface area contributed by atoms with Crippen LogP contribution in [-0.4, -0.2) is 28.7 Å². The molecule has 0 atom stereocenters. The van der Waals surface area contributed by atoms with Crippen LogP contribution in [0.25, 0.3) is 0 Å². The van der Waals surface area contributed by atoms with Gasteiger partial charge in [-0.15, -0.1) is 0 Å². The molecule has 3 N–H and O–H groups in total. The van der Waals surface area contributed by atoms with Gasteiger partial charge in [0.1, 0.15) is 0 Å². The van der Waals surface area contributed by atoms with Crippen molar-refractivity contribution >= 4 is 11.7 Å². The summed E-state index contributed by atoms with van der Waals surface area (Å²) in [6.07, 6.45) is 0. The molecule has 1 aromatic heterocycles. The molecule has 1 heterocycles. The maximum atomic E-state index is 11.5. The van der Waals surface area contributed by atoms with Crippen LogP contribution in [0, 0.1) is 0 Å². The van der Waals surface area contributed by atoms with Gasteiger partial charge in [-0.3, -0.25) is 9.89 Å². The van der Waals surface area contributed by atoms with Crippen LogP contribution in [0.2, 0.25) is 0 Å². The molecule has 0 aliphatic heterocycles. The summed E-state index contributed by atoms with van der Waals surface area (Å²) in [5.74, 6) is 0.890. The lowest BCUT2D eigenvalue weighted by molar-refractivity contribution is -0.115. The van der Waals surface area contributed by atoms with E-state index in [0.29, 0.717) is 24.3 Å². The Labute approximate surface area is 96.0 Å². The molecule has 0 saturated heterocycles. The third kappa shape index (κ3) is 4.02. The fourth-order valence-corrected chi connectivity index (χ4v) is 1.18. The maximum Gasteiger partial charge on any atom is 0.239 e. The number of carbonyl (C=O) groups excluding carboxylic acids is 1. The number of carbonyl (C=O) groups is 1. The Morgan fingerprint density at radius 2 is 2.12 bits per heavy atom. The molecular weight excluding hydrogens is 204 g/mol. The summed E-state index contributed by atoms with van der Waals surface area (Å²) in [6, 6.07) is 2.16. The Morgan fingerprint density at radius 1 is 1.44 bits per heavy atom. The zero-order valence-corrected chi connectivity index (χ0v) is 10.3. The van der Waals surface area contributed by atoms with E-state index < -0.39 is 0 Å². The van der Waals surface area contributed by atoms with Crippen molar-refractivity contribution in [3.05, 3.63) is 11.8 Å². The van der Waals surface area contributed by atoms with Crippen molar-refractivity contribution in [3.8, 4) is 0 Å². The predicted octanol–water partition coefficient (Wildman–Crippen LogP) is 1.47. The summed E-state index contributed by atoms with van der Waals surface area (Å²) in [7, 11) is 0. The number of rotatable bonds is 5. The second-order valence-electron chi connectivity index (χ2n) is 4.45. The van der Waals surface area contributed by atoms with Gasteiger partial charge in [-0.25, -0.2) is 0 Å². The van der Waals surface area contributed by atoms with Crippen LogP contribution < -0.4 is 10.6 Å². The minimum atomic E-state index is -0.0736. The molecule has 90 valence electrons. The standard InChI is InChI=1S/C11H20N4O/c1-7(2)9-5-10(15-14-9)13-11(16)6-12-8(3)4/h5,7-8,12H,6H2,1-4H3,(H2,13,14,15,16). The van der Waals surface area contributed by atoms with E-state index in [9.17, 15) is 4.79 Å². The molecule has 1 rings (SSSR count). The van der Waals surface area contributed by atoms with E-state index in [1.807, 2.05) is 19.9 Å². The van der Waals surface area contributed by atoms with Crippen LogP contribution >= 0.6 is 0 Å². The highest BCUT2D eigenvalue weighted by Gasteiger charge is 2.07.